The molecule has 0 bridgehead atoms. The van der Waals surface area contributed by atoms with Crippen LogP contribution in [0.4, 0.5) is 16.3 Å². The molecule has 1 aliphatic rings. The first kappa shape index (κ1) is 45.5. The molecule has 0 unspecified atom stereocenters. The number of nitrogens with zero attached hydrogens (tertiary/aromatic N) is 3. The maximum absolute atomic E-state index is 13.6. The van der Waals surface area contributed by atoms with Gasteiger partial charge in [-0.2, -0.15) is 4.98 Å². The molecule has 1 aromatic heterocycles. The van der Waals surface area contributed by atoms with Crippen molar-refractivity contribution in [2.75, 3.05) is 32.8 Å². The first-order valence-electron chi connectivity index (χ1n) is 20.6. The van der Waals surface area contributed by atoms with Crippen LogP contribution in [0.2, 0.25) is 0 Å². The predicted molar refractivity (Wildman–Crippen MR) is 239 cm³/mol. The van der Waals surface area contributed by atoms with Crippen LogP contribution in [0.3, 0.4) is 0 Å². The van der Waals surface area contributed by atoms with Gasteiger partial charge in [0.2, 0.25) is 0 Å². The van der Waals surface area contributed by atoms with Crippen LogP contribution in [0, 0.1) is 10.1 Å². The lowest BCUT2D eigenvalue weighted by atomic mass is 9.80. The monoisotopic (exact) mass is 884 g/mol. The summed E-state index contributed by atoms with van der Waals surface area (Å²) in [6.45, 7) is 5.80. The highest BCUT2D eigenvalue weighted by atomic mass is 16.7. The SMILES string of the molecule is COc1ccc(C(OC[C@H]2O[C@@H](n3ccc(NC(=O)COc4ccc(C(C)(C)C)cc4)nc3=O)C[C@@H]2OC(=O)Oc2ccc([N+](=O)[O-])cc2)(c2ccccc2)c2ccc(OC)cc2)cc1. The van der Waals surface area contributed by atoms with Crippen LogP contribution in [-0.2, 0) is 30.0 Å². The molecule has 1 fully saturated rings. The number of hydrogen-bond donors (Lipinski definition) is 1. The fraction of sp³-hybridized carbons (Fsp3) is 0.265. The number of benzene rings is 5. The summed E-state index contributed by atoms with van der Waals surface area (Å²) in [4.78, 5) is 54.5. The molecule has 1 saturated heterocycles. The van der Waals surface area contributed by atoms with Gasteiger partial charge < -0.3 is 38.5 Å². The Bertz CT molecular complexity index is 2580. The second kappa shape index (κ2) is 19.9. The van der Waals surface area contributed by atoms with Gasteiger partial charge in [0, 0.05) is 24.8 Å². The van der Waals surface area contributed by atoms with Crippen LogP contribution < -0.4 is 30.0 Å². The van der Waals surface area contributed by atoms with Crippen LogP contribution in [-0.4, -0.2) is 66.2 Å². The van der Waals surface area contributed by atoms with E-state index < -0.39 is 46.7 Å². The lowest BCUT2D eigenvalue weighted by molar-refractivity contribution is -0.384. The summed E-state index contributed by atoms with van der Waals surface area (Å²) < 4.78 is 42.7. The molecule has 65 heavy (non-hydrogen) atoms. The number of methoxy groups -OCH3 is 2. The third kappa shape index (κ3) is 10.8. The van der Waals surface area contributed by atoms with Gasteiger partial charge in [-0.1, -0.05) is 87.5 Å². The Morgan fingerprint density at radius 3 is 1.88 bits per heavy atom. The van der Waals surface area contributed by atoms with Crippen LogP contribution in [0.15, 0.2) is 144 Å². The number of rotatable bonds is 16. The van der Waals surface area contributed by atoms with Gasteiger partial charge >= 0.3 is 11.8 Å². The van der Waals surface area contributed by atoms with Crippen molar-refractivity contribution in [1.29, 1.82) is 0 Å². The highest BCUT2D eigenvalue weighted by Gasteiger charge is 2.44. The van der Waals surface area contributed by atoms with Gasteiger partial charge in [0.25, 0.3) is 11.6 Å². The van der Waals surface area contributed by atoms with Gasteiger partial charge in [0.15, 0.2) is 6.61 Å². The van der Waals surface area contributed by atoms with Gasteiger partial charge in [-0.3, -0.25) is 19.5 Å². The van der Waals surface area contributed by atoms with Gasteiger partial charge in [-0.15, -0.1) is 0 Å². The van der Waals surface area contributed by atoms with E-state index in [4.69, 9.17) is 33.2 Å². The van der Waals surface area contributed by atoms with Gasteiger partial charge in [-0.05, 0) is 82.3 Å². The summed E-state index contributed by atoms with van der Waals surface area (Å²) >= 11 is 0. The predicted octanol–water partition coefficient (Wildman–Crippen LogP) is 8.36. The summed E-state index contributed by atoms with van der Waals surface area (Å²) in [6, 6.07) is 38.3. The van der Waals surface area contributed by atoms with Crippen LogP contribution in [0.5, 0.6) is 23.0 Å². The lowest BCUT2D eigenvalue weighted by Crippen LogP contribution is -2.39. The number of amides is 1. The van der Waals surface area contributed by atoms with E-state index in [1.54, 1.807) is 26.4 Å². The molecule has 6 aromatic rings. The van der Waals surface area contributed by atoms with Crippen LogP contribution in [0.25, 0.3) is 0 Å². The summed E-state index contributed by atoms with van der Waals surface area (Å²) in [5.74, 6) is 1.25. The molecule has 0 aliphatic carbocycles. The average molecular weight is 885 g/mol. The molecular formula is C49H48N4O12. The Morgan fingerprint density at radius 2 is 1.32 bits per heavy atom. The Morgan fingerprint density at radius 1 is 0.769 bits per heavy atom. The Kier molecular flexibility index (Phi) is 13.9. The third-order valence-electron chi connectivity index (χ3n) is 10.8. The molecule has 5 aromatic carbocycles. The van der Waals surface area contributed by atoms with E-state index in [9.17, 15) is 24.5 Å². The van der Waals surface area contributed by atoms with E-state index in [1.807, 2.05) is 91.0 Å². The first-order valence-corrected chi connectivity index (χ1v) is 20.6. The number of nitro groups is 1. The maximum atomic E-state index is 13.6. The largest absolute Gasteiger partial charge is 0.514 e. The fourth-order valence-corrected chi connectivity index (χ4v) is 7.39. The summed E-state index contributed by atoms with van der Waals surface area (Å²) in [5.41, 5.74) is 1.10. The van der Waals surface area contributed by atoms with E-state index in [0.29, 0.717) is 17.2 Å². The van der Waals surface area contributed by atoms with Crippen molar-refractivity contribution in [2.45, 2.75) is 56.6 Å². The molecule has 3 atom stereocenters. The zero-order valence-electron chi connectivity index (χ0n) is 36.4. The third-order valence-corrected chi connectivity index (χ3v) is 10.8. The second-order valence-corrected chi connectivity index (χ2v) is 16.1. The summed E-state index contributed by atoms with van der Waals surface area (Å²) in [7, 11) is 3.16. The molecular weight excluding hydrogens is 837 g/mol. The highest BCUT2D eigenvalue weighted by Crippen LogP contribution is 2.43. The first-order chi connectivity index (χ1) is 31.2. The Balaban J connectivity index is 1.15. The number of carbonyl (C=O) groups excluding carboxylic acids is 2. The number of nitrogens with one attached hydrogen (secondary N) is 1. The summed E-state index contributed by atoms with van der Waals surface area (Å²) in [6.07, 6.45) is -2.80. The minimum Gasteiger partial charge on any atom is -0.497 e. The fourth-order valence-electron chi connectivity index (χ4n) is 7.39. The van der Waals surface area contributed by atoms with E-state index >= 15 is 0 Å². The number of hydrogen-bond acceptors (Lipinski definition) is 13. The van der Waals surface area contributed by atoms with Crippen molar-refractivity contribution in [3.8, 4) is 23.0 Å². The molecule has 16 nitrogen and oxygen atoms in total. The van der Waals surface area contributed by atoms with Gasteiger partial charge in [0.1, 0.15) is 52.9 Å². The standard InChI is InChI=1S/C49H48N4O12/c1-48(2,3)32-11-23-39(24-12-32)61-31-44(54)50-43-27-28-52(46(55)51-43)45-29-41(65-47(56)63-40-25-17-36(18-26-40)53(57)58)42(64-45)30-62-49(33-9-7-6-8-10-33,34-13-19-37(59-4)20-14-34)35-15-21-38(60-5)22-16-35/h6-28,41-42,45H,29-31H2,1-5H3,(H,50,51,54,55)/t41-,42+,45+/m0/s1. The topological polar surface area (TPSA) is 189 Å². The molecule has 7 rings (SSSR count). The van der Waals surface area contributed by atoms with E-state index in [-0.39, 0.29) is 42.3 Å². The molecule has 0 spiro atoms. The molecule has 1 amide bonds. The number of nitro benzene ring substituents is 1. The normalized spacial score (nSPS) is 16.0. The zero-order valence-corrected chi connectivity index (χ0v) is 36.4. The van der Waals surface area contributed by atoms with Crippen molar-refractivity contribution in [3.63, 3.8) is 0 Å². The molecule has 0 saturated carbocycles. The molecule has 16 heteroatoms. The number of ether oxygens (including phenoxy) is 7. The van der Waals surface area contributed by atoms with Crippen molar-refractivity contribution < 1.29 is 47.7 Å². The summed E-state index contributed by atoms with van der Waals surface area (Å²) in [5, 5.41) is 13.8. The van der Waals surface area contributed by atoms with Crippen LogP contribution in [0.1, 0.15) is 55.7 Å². The van der Waals surface area contributed by atoms with Crippen molar-refractivity contribution in [2.24, 2.45) is 0 Å². The minimum atomic E-state index is -1.27. The van der Waals surface area contributed by atoms with Gasteiger partial charge in [0.05, 0.1) is 25.7 Å². The number of non-ortho nitro benzene ring substituents is 1. The number of anilines is 1. The van der Waals surface area contributed by atoms with E-state index in [1.165, 1.54) is 41.1 Å². The Labute approximate surface area is 374 Å². The second-order valence-electron chi connectivity index (χ2n) is 16.1. The van der Waals surface area contributed by atoms with Crippen molar-refractivity contribution in [3.05, 3.63) is 183 Å². The van der Waals surface area contributed by atoms with Gasteiger partial charge in [-0.25, -0.2) is 9.59 Å². The molecule has 1 aliphatic heterocycles. The van der Waals surface area contributed by atoms with Crippen molar-refractivity contribution in [1.82, 2.24) is 9.55 Å². The van der Waals surface area contributed by atoms with E-state index in [0.717, 1.165) is 22.3 Å². The molecule has 0 radical (unpaired) electrons. The zero-order chi connectivity index (χ0) is 46.1. The van der Waals surface area contributed by atoms with E-state index in [2.05, 4.69) is 31.1 Å². The highest BCUT2D eigenvalue weighted by molar-refractivity contribution is 5.90. The molecule has 2 heterocycles. The number of carbonyl (C=O) groups is 2. The maximum Gasteiger partial charge on any atom is 0.514 e. The molecule has 1 N–H and O–H groups in total. The lowest BCUT2D eigenvalue weighted by Gasteiger charge is -2.37. The minimum absolute atomic E-state index is 0.00729. The quantitative estimate of drug-likeness (QED) is 0.0321. The number of aromatic nitrogens is 2. The Hall–Kier alpha value is -7.56. The average Bonchev–Trinajstić information content (AvgIpc) is 3.70. The smallest absolute Gasteiger partial charge is 0.497 e. The van der Waals surface area contributed by atoms with Crippen LogP contribution >= 0.6 is 0 Å². The van der Waals surface area contributed by atoms with Crippen molar-refractivity contribution >= 4 is 23.6 Å². The molecule has 336 valence electrons.